The maximum absolute atomic E-state index is 10.8. The highest BCUT2D eigenvalue weighted by Gasteiger charge is 2.15. The molecule has 1 heterocycles. The van der Waals surface area contributed by atoms with Gasteiger partial charge in [-0.25, -0.2) is 4.98 Å². The van der Waals surface area contributed by atoms with Crippen molar-refractivity contribution in [2.24, 2.45) is 0 Å². The first-order chi connectivity index (χ1) is 10.5. The van der Waals surface area contributed by atoms with Crippen LogP contribution in [-0.4, -0.2) is 25.2 Å². The van der Waals surface area contributed by atoms with Crippen molar-refractivity contribution >= 4 is 5.69 Å². The number of nitrogens with zero attached hydrogens (tertiary/aromatic N) is 3. The number of H-pyrrole nitrogens is 1. The van der Waals surface area contributed by atoms with Crippen molar-refractivity contribution in [2.45, 2.75) is 6.92 Å². The van der Waals surface area contributed by atoms with E-state index in [1.165, 1.54) is 18.2 Å². The lowest BCUT2D eigenvalue weighted by Crippen LogP contribution is -1.90. The second-order valence-electron chi connectivity index (χ2n) is 4.84. The van der Waals surface area contributed by atoms with E-state index in [4.69, 9.17) is 0 Å². The van der Waals surface area contributed by atoms with Crippen molar-refractivity contribution in [3.05, 3.63) is 58.1 Å². The van der Waals surface area contributed by atoms with E-state index in [0.29, 0.717) is 5.82 Å². The molecule has 0 aliphatic heterocycles. The molecule has 0 saturated carbocycles. The number of aromatic amines is 1. The number of nitro benzene ring substituents is 1. The van der Waals surface area contributed by atoms with Gasteiger partial charge in [-0.2, -0.15) is 5.10 Å². The third-order valence-corrected chi connectivity index (χ3v) is 3.21. The van der Waals surface area contributed by atoms with Gasteiger partial charge in [-0.1, -0.05) is 23.8 Å². The lowest BCUT2D eigenvalue weighted by molar-refractivity contribution is -0.384. The number of aryl methyl sites for hydroxylation is 1. The van der Waals surface area contributed by atoms with E-state index in [1.54, 1.807) is 0 Å². The molecular weight excluding hydrogens is 284 g/mol. The fourth-order valence-corrected chi connectivity index (χ4v) is 2.12. The molecule has 0 fully saturated rings. The van der Waals surface area contributed by atoms with Crippen molar-refractivity contribution in [2.75, 3.05) is 0 Å². The van der Waals surface area contributed by atoms with Gasteiger partial charge in [0.15, 0.2) is 11.6 Å². The first kappa shape index (κ1) is 13.7. The Bertz CT molecular complexity index is 857. The minimum absolute atomic E-state index is 0.0995. The van der Waals surface area contributed by atoms with E-state index in [1.807, 2.05) is 31.2 Å². The molecule has 0 aliphatic rings. The van der Waals surface area contributed by atoms with E-state index >= 15 is 0 Å². The second kappa shape index (κ2) is 5.28. The number of non-ortho nitro benzene ring substituents is 1. The largest absolute Gasteiger partial charge is 0.507 e. The Hall–Kier alpha value is -3.22. The summed E-state index contributed by atoms with van der Waals surface area (Å²) in [5.74, 6) is 0.639. The molecule has 3 aromatic rings. The summed E-state index contributed by atoms with van der Waals surface area (Å²) >= 11 is 0. The monoisotopic (exact) mass is 296 g/mol. The summed E-state index contributed by atoms with van der Waals surface area (Å²) in [6.07, 6.45) is 0. The van der Waals surface area contributed by atoms with Gasteiger partial charge in [-0.15, -0.1) is 0 Å². The van der Waals surface area contributed by atoms with Gasteiger partial charge in [0, 0.05) is 17.7 Å². The average Bonchev–Trinajstić information content (AvgIpc) is 2.97. The number of aromatic hydroxyl groups is 1. The Labute approximate surface area is 125 Å². The maximum Gasteiger partial charge on any atom is 0.270 e. The smallest absolute Gasteiger partial charge is 0.270 e. The SMILES string of the molecule is Cc1cccc(-c2n[nH]c(-c3cc([N+](=O)[O-])ccc3O)n2)c1. The van der Waals surface area contributed by atoms with Crippen molar-refractivity contribution in [3.63, 3.8) is 0 Å². The summed E-state index contributed by atoms with van der Waals surface area (Å²) in [5, 5.41) is 27.5. The van der Waals surface area contributed by atoms with Gasteiger partial charge < -0.3 is 5.11 Å². The van der Waals surface area contributed by atoms with Gasteiger partial charge in [0.25, 0.3) is 5.69 Å². The van der Waals surface area contributed by atoms with Crippen LogP contribution < -0.4 is 0 Å². The van der Waals surface area contributed by atoms with Gasteiger partial charge in [0.1, 0.15) is 5.75 Å². The fourth-order valence-electron chi connectivity index (χ4n) is 2.12. The standard InChI is InChI=1S/C15H12N4O3/c1-9-3-2-4-10(7-9)14-16-15(18-17-14)12-8-11(19(21)22)5-6-13(12)20/h2-8,20H,1H3,(H,16,17,18). The number of phenolic OH excluding ortho intramolecular Hbond substituents is 1. The number of nitro groups is 1. The van der Waals surface area contributed by atoms with Crippen LogP contribution in [0.25, 0.3) is 22.8 Å². The highest BCUT2D eigenvalue weighted by molar-refractivity contribution is 5.69. The van der Waals surface area contributed by atoms with Gasteiger partial charge in [0.2, 0.25) is 0 Å². The van der Waals surface area contributed by atoms with Gasteiger partial charge >= 0.3 is 0 Å². The van der Waals surface area contributed by atoms with Crippen molar-refractivity contribution in [1.29, 1.82) is 0 Å². The summed E-state index contributed by atoms with van der Waals surface area (Å²) in [4.78, 5) is 14.6. The molecule has 0 amide bonds. The summed E-state index contributed by atoms with van der Waals surface area (Å²) in [5.41, 5.74) is 2.01. The van der Waals surface area contributed by atoms with Crippen LogP contribution in [0.1, 0.15) is 5.56 Å². The van der Waals surface area contributed by atoms with Crippen LogP contribution in [0.2, 0.25) is 0 Å². The molecular formula is C15H12N4O3. The van der Waals surface area contributed by atoms with E-state index in [2.05, 4.69) is 15.2 Å². The van der Waals surface area contributed by atoms with Crippen LogP contribution in [0.5, 0.6) is 5.75 Å². The Kier molecular flexibility index (Phi) is 3.30. The van der Waals surface area contributed by atoms with Gasteiger partial charge in [-0.3, -0.25) is 15.2 Å². The summed E-state index contributed by atoms with van der Waals surface area (Å²) < 4.78 is 0. The molecule has 7 nitrogen and oxygen atoms in total. The van der Waals surface area contributed by atoms with Crippen LogP contribution in [0.15, 0.2) is 42.5 Å². The zero-order valence-electron chi connectivity index (χ0n) is 11.6. The van der Waals surface area contributed by atoms with Crippen LogP contribution in [-0.2, 0) is 0 Å². The molecule has 0 aliphatic carbocycles. The number of hydrogen-bond donors (Lipinski definition) is 2. The predicted octanol–water partition coefficient (Wildman–Crippen LogP) is 3.06. The maximum atomic E-state index is 10.8. The van der Waals surface area contributed by atoms with Crippen LogP contribution >= 0.6 is 0 Å². The molecule has 110 valence electrons. The summed E-state index contributed by atoms with van der Waals surface area (Å²) in [6, 6.07) is 11.4. The molecule has 1 aromatic heterocycles. The first-order valence-electron chi connectivity index (χ1n) is 6.52. The highest BCUT2D eigenvalue weighted by Crippen LogP contribution is 2.31. The highest BCUT2D eigenvalue weighted by atomic mass is 16.6. The Morgan fingerprint density at radius 3 is 2.77 bits per heavy atom. The number of aromatic nitrogens is 3. The number of nitrogens with one attached hydrogen (secondary N) is 1. The summed E-state index contributed by atoms with van der Waals surface area (Å²) in [7, 11) is 0. The third-order valence-electron chi connectivity index (χ3n) is 3.21. The van der Waals surface area contributed by atoms with E-state index in [9.17, 15) is 15.2 Å². The third kappa shape index (κ3) is 2.51. The van der Waals surface area contributed by atoms with Gasteiger partial charge in [0.05, 0.1) is 10.5 Å². The minimum Gasteiger partial charge on any atom is -0.507 e. The van der Waals surface area contributed by atoms with Crippen molar-refractivity contribution in [1.82, 2.24) is 15.2 Å². The molecule has 3 rings (SSSR count). The normalized spacial score (nSPS) is 10.6. The zero-order chi connectivity index (χ0) is 15.7. The van der Waals surface area contributed by atoms with Crippen molar-refractivity contribution < 1.29 is 10.0 Å². The second-order valence-corrected chi connectivity index (χ2v) is 4.84. The molecule has 2 aromatic carbocycles. The molecule has 0 radical (unpaired) electrons. The molecule has 2 N–H and O–H groups in total. The Morgan fingerprint density at radius 1 is 1.23 bits per heavy atom. The number of benzene rings is 2. The minimum atomic E-state index is -0.527. The first-order valence-corrected chi connectivity index (χ1v) is 6.52. The molecule has 22 heavy (non-hydrogen) atoms. The van der Waals surface area contributed by atoms with Crippen LogP contribution in [0.3, 0.4) is 0 Å². The lowest BCUT2D eigenvalue weighted by Gasteiger charge is -2.00. The van der Waals surface area contributed by atoms with E-state index in [0.717, 1.165) is 11.1 Å². The summed E-state index contributed by atoms with van der Waals surface area (Å²) in [6.45, 7) is 1.96. The Morgan fingerprint density at radius 2 is 2.05 bits per heavy atom. The fraction of sp³-hybridized carbons (Fsp3) is 0.0667. The van der Waals surface area contributed by atoms with E-state index < -0.39 is 4.92 Å². The molecule has 0 atom stereocenters. The zero-order valence-corrected chi connectivity index (χ0v) is 11.6. The molecule has 0 unspecified atom stereocenters. The van der Waals surface area contributed by atoms with Gasteiger partial charge in [-0.05, 0) is 19.1 Å². The molecule has 0 bridgehead atoms. The van der Waals surface area contributed by atoms with Crippen LogP contribution in [0.4, 0.5) is 5.69 Å². The topological polar surface area (TPSA) is 105 Å². The number of hydrogen-bond acceptors (Lipinski definition) is 5. The number of phenols is 1. The predicted molar refractivity (Wildman–Crippen MR) is 80.3 cm³/mol. The quantitative estimate of drug-likeness (QED) is 0.571. The van der Waals surface area contributed by atoms with Crippen molar-refractivity contribution in [3.8, 4) is 28.5 Å². The molecule has 7 heteroatoms. The molecule has 0 saturated heterocycles. The van der Waals surface area contributed by atoms with E-state index in [-0.39, 0.29) is 22.8 Å². The lowest BCUT2D eigenvalue weighted by atomic mass is 10.1. The average molecular weight is 296 g/mol. The molecule has 0 spiro atoms. The van der Waals surface area contributed by atoms with Crippen LogP contribution in [0, 0.1) is 17.0 Å². The Balaban J connectivity index is 2.04. The number of rotatable bonds is 3.